The van der Waals surface area contributed by atoms with E-state index in [1.54, 1.807) is 18.2 Å². The molecule has 0 N–H and O–H groups in total. The van der Waals surface area contributed by atoms with E-state index < -0.39 is 5.97 Å². The smallest absolute Gasteiger partial charge is 0.347 e. The fourth-order valence-electron chi connectivity index (χ4n) is 1.99. The van der Waals surface area contributed by atoms with Crippen LogP contribution in [0.1, 0.15) is 28.4 Å². The third-order valence-corrected chi connectivity index (χ3v) is 2.94. The van der Waals surface area contributed by atoms with Crippen LogP contribution in [0.2, 0.25) is 0 Å². The molecule has 0 atom stereocenters. The van der Waals surface area contributed by atoms with E-state index in [1.807, 2.05) is 45.0 Å². The molecule has 0 heterocycles. The first-order valence-corrected chi connectivity index (χ1v) is 6.63. The van der Waals surface area contributed by atoms with Gasteiger partial charge in [-0.1, -0.05) is 29.8 Å². The van der Waals surface area contributed by atoms with Crippen LogP contribution in [0, 0.1) is 13.8 Å². The van der Waals surface area contributed by atoms with Crippen molar-refractivity contribution in [3.8, 4) is 11.5 Å². The van der Waals surface area contributed by atoms with Crippen molar-refractivity contribution in [2.45, 2.75) is 20.8 Å². The number of carbonyl (C=O) groups is 1. The first-order chi connectivity index (χ1) is 9.61. The highest BCUT2D eigenvalue weighted by Crippen LogP contribution is 2.23. The summed E-state index contributed by atoms with van der Waals surface area (Å²) in [5.41, 5.74) is 2.51. The first kappa shape index (κ1) is 14.1. The van der Waals surface area contributed by atoms with Crippen LogP contribution in [-0.2, 0) is 0 Å². The Morgan fingerprint density at radius 2 is 1.80 bits per heavy atom. The second-order valence-corrected chi connectivity index (χ2v) is 4.59. The largest absolute Gasteiger partial charge is 0.493 e. The van der Waals surface area contributed by atoms with Gasteiger partial charge in [-0.05, 0) is 44.5 Å². The van der Waals surface area contributed by atoms with E-state index in [1.165, 1.54) is 0 Å². The van der Waals surface area contributed by atoms with Gasteiger partial charge in [-0.15, -0.1) is 0 Å². The zero-order valence-corrected chi connectivity index (χ0v) is 12.0. The van der Waals surface area contributed by atoms with Crippen LogP contribution < -0.4 is 9.47 Å². The minimum atomic E-state index is -0.402. The number of ether oxygens (including phenoxy) is 2. The van der Waals surface area contributed by atoms with Crippen molar-refractivity contribution in [2.75, 3.05) is 6.61 Å². The molecular formula is C17H18O3. The maximum atomic E-state index is 12.2. The molecule has 3 heteroatoms. The van der Waals surface area contributed by atoms with Gasteiger partial charge in [0.15, 0.2) is 0 Å². The van der Waals surface area contributed by atoms with Crippen molar-refractivity contribution >= 4 is 5.97 Å². The highest BCUT2D eigenvalue weighted by molar-refractivity contribution is 5.94. The number of hydrogen-bond acceptors (Lipinski definition) is 3. The third kappa shape index (κ3) is 3.18. The average molecular weight is 270 g/mol. The van der Waals surface area contributed by atoms with Gasteiger partial charge in [-0.2, -0.15) is 0 Å². The van der Waals surface area contributed by atoms with E-state index in [2.05, 4.69) is 0 Å². The summed E-state index contributed by atoms with van der Waals surface area (Å²) in [6.45, 7) is 6.31. The third-order valence-electron chi connectivity index (χ3n) is 2.94. The summed E-state index contributed by atoms with van der Waals surface area (Å²) in [6.07, 6.45) is 0. The quantitative estimate of drug-likeness (QED) is 0.624. The summed E-state index contributed by atoms with van der Waals surface area (Å²) in [4.78, 5) is 12.2. The minimum Gasteiger partial charge on any atom is -0.493 e. The number of para-hydroxylation sites is 1. The van der Waals surface area contributed by atoms with Gasteiger partial charge in [0.2, 0.25) is 0 Å². The summed E-state index contributed by atoms with van der Waals surface area (Å²) >= 11 is 0. The number of rotatable bonds is 4. The normalized spacial score (nSPS) is 10.2. The summed E-state index contributed by atoms with van der Waals surface area (Å²) in [6, 6.07) is 12.8. The molecule has 0 aromatic heterocycles. The van der Waals surface area contributed by atoms with Crippen molar-refractivity contribution in [1.29, 1.82) is 0 Å². The number of aryl methyl sites for hydroxylation is 2. The first-order valence-electron chi connectivity index (χ1n) is 6.63. The Kier molecular flexibility index (Phi) is 4.41. The zero-order valence-electron chi connectivity index (χ0n) is 12.0. The van der Waals surface area contributed by atoms with Gasteiger partial charge in [0.25, 0.3) is 0 Å². The highest BCUT2D eigenvalue weighted by atomic mass is 16.5. The van der Waals surface area contributed by atoms with Gasteiger partial charge in [0.05, 0.1) is 6.61 Å². The highest BCUT2D eigenvalue weighted by Gasteiger charge is 2.15. The molecule has 0 saturated carbocycles. The molecule has 0 saturated heterocycles. The Hall–Kier alpha value is -2.29. The molecule has 0 spiro atoms. The number of esters is 1. The lowest BCUT2D eigenvalue weighted by Gasteiger charge is -2.11. The molecule has 0 amide bonds. The van der Waals surface area contributed by atoms with E-state index in [0.29, 0.717) is 23.7 Å². The van der Waals surface area contributed by atoms with E-state index in [4.69, 9.17) is 9.47 Å². The summed E-state index contributed by atoms with van der Waals surface area (Å²) in [7, 11) is 0. The maximum absolute atomic E-state index is 12.2. The lowest BCUT2D eigenvalue weighted by Crippen LogP contribution is -2.11. The van der Waals surface area contributed by atoms with Gasteiger partial charge in [0, 0.05) is 0 Å². The molecule has 0 aliphatic heterocycles. The molecule has 2 aromatic carbocycles. The molecule has 0 unspecified atom stereocenters. The Labute approximate surface area is 119 Å². The molecule has 0 aliphatic carbocycles. The topological polar surface area (TPSA) is 35.5 Å². The molecule has 0 bridgehead atoms. The van der Waals surface area contributed by atoms with E-state index in [0.717, 1.165) is 11.1 Å². The number of carbonyl (C=O) groups excluding carboxylic acids is 1. The lowest BCUT2D eigenvalue weighted by atomic mass is 10.1. The second kappa shape index (κ2) is 6.24. The van der Waals surface area contributed by atoms with E-state index in [9.17, 15) is 4.79 Å². The van der Waals surface area contributed by atoms with Crippen LogP contribution >= 0.6 is 0 Å². The predicted octanol–water partition coefficient (Wildman–Crippen LogP) is 3.92. The van der Waals surface area contributed by atoms with Crippen LogP contribution in [-0.4, -0.2) is 12.6 Å². The Morgan fingerprint density at radius 1 is 1.05 bits per heavy atom. The van der Waals surface area contributed by atoms with Gasteiger partial charge in [-0.3, -0.25) is 0 Å². The van der Waals surface area contributed by atoms with Crippen LogP contribution in [0.4, 0.5) is 0 Å². The van der Waals surface area contributed by atoms with Gasteiger partial charge in [0.1, 0.15) is 17.1 Å². The molecule has 2 rings (SSSR count). The lowest BCUT2D eigenvalue weighted by molar-refractivity contribution is 0.0729. The molecular weight excluding hydrogens is 252 g/mol. The van der Waals surface area contributed by atoms with E-state index in [-0.39, 0.29) is 0 Å². The molecule has 2 aromatic rings. The zero-order chi connectivity index (χ0) is 14.5. The number of benzene rings is 2. The summed E-state index contributed by atoms with van der Waals surface area (Å²) in [5.74, 6) is 0.720. The van der Waals surface area contributed by atoms with E-state index >= 15 is 0 Å². The predicted molar refractivity (Wildman–Crippen MR) is 78.5 cm³/mol. The minimum absolute atomic E-state index is 0.402. The van der Waals surface area contributed by atoms with Crippen molar-refractivity contribution in [1.82, 2.24) is 0 Å². The Balaban J connectivity index is 2.24. The molecule has 3 nitrogen and oxygen atoms in total. The monoisotopic (exact) mass is 270 g/mol. The van der Waals surface area contributed by atoms with Crippen LogP contribution in [0.3, 0.4) is 0 Å². The van der Waals surface area contributed by atoms with Crippen LogP contribution in [0.25, 0.3) is 0 Å². The van der Waals surface area contributed by atoms with Gasteiger partial charge < -0.3 is 9.47 Å². The molecule has 0 aliphatic rings. The van der Waals surface area contributed by atoms with Crippen LogP contribution in [0.5, 0.6) is 11.5 Å². The fraction of sp³-hybridized carbons (Fsp3) is 0.235. The second-order valence-electron chi connectivity index (χ2n) is 4.59. The molecule has 20 heavy (non-hydrogen) atoms. The van der Waals surface area contributed by atoms with Gasteiger partial charge in [-0.25, -0.2) is 4.79 Å². The van der Waals surface area contributed by atoms with Crippen molar-refractivity contribution < 1.29 is 14.3 Å². The van der Waals surface area contributed by atoms with Crippen LogP contribution in [0.15, 0.2) is 42.5 Å². The maximum Gasteiger partial charge on any atom is 0.347 e. The SMILES string of the molecule is CCOc1ccccc1C(=O)Oc1ccc(C)cc1C. The number of hydrogen-bond donors (Lipinski definition) is 0. The van der Waals surface area contributed by atoms with Crippen molar-refractivity contribution in [3.05, 3.63) is 59.2 Å². The summed E-state index contributed by atoms with van der Waals surface area (Å²) in [5, 5.41) is 0. The Bertz CT molecular complexity index is 617. The van der Waals surface area contributed by atoms with Crippen molar-refractivity contribution in [3.63, 3.8) is 0 Å². The molecule has 0 radical (unpaired) electrons. The molecule has 104 valence electrons. The molecule has 0 fully saturated rings. The van der Waals surface area contributed by atoms with Gasteiger partial charge >= 0.3 is 5.97 Å². The Morgan fingerprint density at radius 3 is 2.50 bits per heavy atom. The fourth-order valence-corrected chi connectivity index (χ4v) is 1.99. The average Bonchev–Trinajstić information content (AvgIpc) is 2.43. The standard InChI is InChI=1S/C17H18O3/c1-4-19-16-8-6-5-7-14(16)17(18)20-15-10-9-12(2)11-13(15)3/h5-11H,4H2,1-3H3. The summed E-state index contributed by atoms with van der Waals surface area (Å²) < 4.78 is 10.9. The van der Waals surface area contributed by atoms with Crippen molar-refractivity contribution in [2.24, 2.45) is 0 Å².